The number of Topliss-reactive ketones (excluding diaryl/α,β-unsaturated/α-hetero) is 1. The van der Waals surface area contributed by atoms with Gasteiger partial charge < -0.3 is 9.47 Å². The van der Waals surface area contributed by atoms with Crippen LogP contribution in [-0.4, -0.2) is 23.6 Å². The second-order valence-electron chi connectivity index (χ2n) is 6.06. The summed E-state index contributed by atoms with van der Waals surface area (Å²) >= 11 is 0. The summed E-state index contributed by atoms with van der Waals surface area (Å²) in [5.74, 6) is 0.0488. The van der Waals surface area contributed by atoms with Crippen molar-refractivity contribution in [2.45, 2.75) is 44.3 Å². The van der Waals surface area contributed by atoms with Crippen LogP contribution in [0.5, 0.6) is 5.75 Å². The minimum atomic E-state index is -0.496. The van der Waals surface area contributed by atoms with Gasteiger partial charge >= 0.3 is 0 Å². The molecule has 4 heteroatoms. The SMILES string of the molecule is CC1(C)CC2(CCO1)CC(=O)c1cc(F)ccc1O2. The van der Waals surface area contributed by atoms with Crippen molar-refractivity contribution in [3.8, 4) is 5.75 Å². The zero-order valence-electron chi connectivity index (χ0n) is 11.2. The van der Waals surface area contributed by atoms with Gasteiger partial charge in [0, 0.05) is 12.8 Å². The van der Waals surface area contributed by atoms with Gasteiger partial charge in [-0.1, -0.05) is 0 Å². The van der Waals surface area contributed by atoms with Crippen molar-refractivity contribution in [1.29, 1.82) is 0 Å². The Labute approximate surface area is 111 Å². The van der Waals surface area contributed by atoms with E-state index in [4.69, 9.17) is 9.47 Å². The first kappa shape index (κ1) is 12.6. The summed E-state index contributed by atoms with van der Waals surface area (Å²) in [6, 6.07) is 4.14. The zero-order chi connectivity index (χ0) is 13.7. The van der Waals surface area contributed by atoms with Crippen LogP contribution in [0, 0.1) is 5.82 Å². The van der Waals surface area contributed by atoms with Crippen LogP contribution in [0.15, 0.2) is 18.2 Å². The summed E-state index contributed by atoms with van der Waals surface area (Å²) in [6.45, 7) is 4.58. The Kier molecular flexibility index (Phi) is 2.68. The number of ether oxygens (including phenoxy) is 2. The fourth-order valence-corrected chi connectivity index (χ4v) is 3.13. The number of benzene rings is 1. The van der Waals surface area contributed by atoms with E-state index in [1.165, 1.54) is 12.1 Å². The highest BCUT2D eigenvalue weighted by molar-refractivity contribution is 6.00. The number of carbonyl (C=O) groups excluding carboxylic acids is 1. The van der Waals surface area contributed by atoms with Crippen LogP contribution in [0.2, 0.25) is 0 Å². The number of hydrogen-bond donors (Lipinski definition) is 0. The lowest BCUT2D eigenvalue weighted by Crippen LogP contribution is -2.52. The van der Waals surface area contributed by atoms with Gasteiger partial charge in [-0.3, -0.25) is 4.79 Å². The third kappa shape index (κ3) is 2.25. The lowest BCUT2D eigenvalue weighted by atomic mass is 9.78. The molecule has 1 saturated heterocycles. The highest BCUT2D eigenvalue weighted by Crippen LogP contribution is 2.43. The average Bonchev–Trinajstić information content (AvgIpc) is 2.29. The molecule has 3 rings (SSSR count). The van der Waals surface area contributed by atoms with Crippen LogP contribution in [0.3, 0.4) is 0 Å². The third-order valence-electron chi connectivity index (χ3n) is 3.85. The minimum Gasteiger partial charge on any atom is -0.486 e. The fraction of sp³-hybridized carbons (Fsp3) is 0.533. The molecule has 2 aliphatic heterocycles. The monoisotopic (exact) mass is 264 g/mol. The van der Waals surface area contributed by atoms with Crippen molar-refractivity contribution in [1.82, 2.24) is 0 Å². The second-order valence-corrected chi connectivity index (χ2v) is 6.06. The second kappa shape index (κ2) is 4.04. The summed E-state index contributed by atoms with van der Waals surface area (Å²) in [7, 11) is 0. The molecule has 1 fully saturated rings. The maximum Gasteiger partial charge on any atom is 0.170 e. The molecule has 19 heavy (non-hydrogen) atoms. The smallest absolute Gasteiger partial charge is 0.170 e. The molecule has 0 N–H and O–H groups in total. The molecule has 1 atom stereocenters. The first-order chi connectivity index (χ1) is 8.89. The molecule has 102 valence electrons. The van der Waals surface area contributed by atoms with Crippen molar-refractivity contribution < 1.29 is 18.7 Å². The molecule has 3 nitrogen and oxygen atoms in total. The van der Waals surface area contributed by atoms with Gasteiger partial charge in [-0.25, -0.2) is 4.39 Å². The van der Waals surface area contributed by atoms with E-state index in [1.807, 2.05) is 13.8 Å². The molecule has 1 spiro atoms. The van der Waals surface area contributed by atoms with Gasteiger partial charge in [-0.15, -0.1) is 0 Å². The first-order valence-corrected chi connectivity index (χ1v) is 6.55. The van der Waals surface area contributed by atoms with E-state index in [1.54, 1.807) is 6.07 Å². The summed E-state index contributed by atoms with van der Waals surface area (Å²) in [6.07, 6.45) is 1.66. The summed E-state index contributed by atoms with van der Waals surface area (Å²) < 4.78 is 24.9. The summed E-state index contributed by atoms with van der Waals surface area (Å²) in [5.41, 5.74) is -0.436. The van der Waals surface area contributed by atoms with Crippen LogP contribution in [0.4, 0.5) is 4.39 Å². The van der Waals surface area contributed by atoms with Crippen molar-refractivity contribution in [2.24, 2.45) is 0 Å². The molecule has 1 aromatic rings. The molecule has 0 saturated carbocycles. The Balaban J connectivity index is 1.96. The molecule has 0 amide bonds. The van der Waals surface area contributed by atoms with Gasteiger partial charge in [0.05, 0.1) is 24.2 Å². The van der Waals surface area contributed by atoms with E-state index in [2.05, 4.69) is 0 Å². The van der Waals surface area contributed by atoms with Crippen molar-refractivity contribution in [2.75, 3.05) is 6.61 Å². The Bertz CT molecular complexity index is 538. The summed E-state index contributed by atoms with van der Waals surface area (Å²) in [4.78, 5) is 12.2. The van der Waals surface area contributed by atoms with E-state index in [0.29, 0.717) is 37.2 Å². The third-order valence-corrected chi connectivity index (χ3v) is 3.85. The minimum absolute atomic E-state index is 0.0431. The fourth-order valence-electron chi connectivity index (χ4n) is 3.13. The number of fused-ring (bicyclic) bond motifs is 1. The van der Waals surface area contributed by atoms with Crippen molar-refractivity contribution >= 4 is 5.78 Å². The molecule has 1 unspecified atom stereocenters. The van der Waals surface area contributed by atoms with Gasteiger partial charge in [0.2, 0.25) is 0 Å². The van der Waals surface area contributed by atoms with Crippen LogP contribution < -0.4 is 4.74 Å². The molecular weight excluding hydrogens is 247 g/mol. The number of halogens is 1. The molecule has 1 aromatic carbocycles. The first-order valence-electron chi connectivity index (χ1n) is 6.55. The molecule has 0 radical (unpaired) electrons. The lowest BCUT2D eigenvalue weighted by Gasteiger charge is -2.46. The van der Waals surface area contributed by atoms with E-state index < -0.39 is 11.4 Å². The quantitative estimate of drug-likeness (QED) is 0.722. The Morgan fingerprint density at radius 1 is 1.32 bits per heavy atom. The largest absolute Gasteiger partial charge is 0.486 e. The maximum absolute atomic E-state index is 13.2. The van der Waals surface area contributed by atoms with Crippen LogP contribution in [0.1, 0.15) is 43.5 Å². The predicted octanol–water partition coefficient (Wildman–Crippen LogP) is 3.12. The van der Waals surface area contributed by atoms with Gasteiger partial charge in [0.25, 0.3) is 0 Å². The average molecular weight is 264 g/mol. The number of hydrogen-bond acceptors (Lipinski definition) is 3. The zero-order valence-corrected chi connectivity index (χ0v) is 11.2. The topological polar surface area (TPSA) is 35.5 Å². The van der Waals surface area contributed by atoms with E-state index in [-0.39, 0.29) is 11.4 Å². The Morgan fingerprint density at radius 3 is 2.84 bits per heavy atom. The van der Waals surface area contributed by atoms with Crippen LogP contribution in [-0.2, 0) is 4.74 Å². The van der Waals surface area contributed by atoms with Gasteiger partial charge in [-0.05, 0) is 32.0 Å². The molecule has 0 bridgehead atoms. The molecule has 2 heterocycles. The maximum atomic E-state index is 13.2. The normalized spacial score (nSPS) is 28.9. The van der Waals surface area contributed by atoms with Gasteiger partial charge in [-0.2, -0.15) is 0 Å². The van der Waals surface area contributed by atoms with Gasteiger partial charge in [0.1, 0.15) is 17.2 Å². The highest BCUT2D eigenvalue weighted by Gasteiger charge is 2.47. The van der Waals surface area contributed by atoms with Gasteiger partial charge in [0.15, 0.2) is 5.78 Å². The predicted molar refractivity (Wildman–Crippen MR) is 68.0 cm³/mol. The highest BCUT2D eigenvalue weighted by atomic mass is 19.1. The van der Waals surface area contributed by atoms with Crippen LogP contribution in [0.25, 0.3) is 0 Å². The molecule has 0 aromatic heterocycles. The van der Waals surface area contributed by atoms with Crippen molar-refractivity contribution in [3.63, 3.8) is 0 Å². The molecule has 0 aliphatic carbocycles. The molecule has 2 aliphatic rings. The standard InChI is InChI=1S/C15H17FO3/c1-14(2)9-15(5-6-18-14)8-12(17)11-7-10(16)3-4-13(11)19-15/h3-4,7H,5-6,8-9H2,1-2H3. The van der Waals surface area contributed by atoms with Crippen LogP contribution >= 0.6 is 0 Å². The Morgan fingerprint density at radius 2 is 2.11 bits per heavy atom. The number of rotatable bonds is 0. The Hall–Kier alpha value is -1.42. The van der Waals surface area contributed by atoms with E-state index in [0.717, 1.165) is 0 Å². The van der Waals surface area contributed by atoms with Crippen molar-refractivity contribution in [3.05, 3.63) is 29.6 Å². The molecular formula is C15H17FO3. The van der Waals surface area contributed by atoms with E-state index >= 15 is 0 Å². The van der Waals surface area contributed by atoms with E-state index in [9.17, 15) is 9.18 Å². The number of ketones is 1. The lowest BCUT2D eigenvalue weighted by molar-refractivity contribution is -0.134. The number of carbonyl (C=O) groups is 1. The summed E-state index contributed by atoms with van der Waals surface area (Å²) in [5, 5.41) is 0.